The van der Waals surface area contributed by atoms with Crippen molar-refractivity contribution in [3.8, 4) is 17.2 Å². The van der Waals surface area contributed by atoms with Crippen LogP contribution in [0.2, 0.25) is 0 Å². The number of aliphatic carboxylic acids is 1. The molecule has 0 saturated heterocycles. The molecule has 0 heterocycles. The normalized spacial score (nSPS) is 11.1. The van der Waals surface area contributed by atoms with Crippen molar-refractivity contribution in [3.63, 3.8) is 0 Å². The highest BCUT2D eigenvalue weighted by atomic mass is 19.4. The van der Waals surface area contributed by atoms with Crippen molar-refractivity contribution < 1.29 is 23.1 Å². The number of aryl methyl sites for hydroxylation is 1. The van der Waals surface area contributed by atoms with Crippen LogP contribution in [0.4, 0.5) is 13.2 Å². The van der Waals surface area contributed by atoms with Gasteiger partial charge in [0.05, 0.1) is 23.6 Å². The first-order chi connectivity index (χ1) is 10.7. The maximum Gasteiger partial charge on any atom is 0.417 e. The van der Waals surface area contributed by atoms with E-state index in [1.807, 2.05) is 6.07 Å². The number of halogens is 3. The average Bonchev–Trinajstić information content (AvgIpc) is 2.47. The molecule has 2 aromatic rings. The Morgan fingerprint density at radius 2 is 1.83 bits per heavy atom. The summed E-state index contributed by atoms with van der Waals surface area (Å²) in [4.78, 5) is 10.7. The SMILES string of the molecule is Cc1cc(-c2ccc(C#N)cc2)c(C(F)(F)F)cc1[CH]C(=O)O. The van der Waals surface area contributed by atoms with E-state index in [1.165, 1.54) is 30.3 Å². The van der Waals surface area contributed by atoms with Crippen molar-refractivity contribution in [2.75, 3.05) is 0 Å². The van der Waals surface area contributed by atoms with Crippen LogP contribution in [0.3, 0.4) is 0 Å². The lowest BCUT2D eigenvalue weighted by atomic mass is 9.92. The largest absolute Gasteiger partial charge is 0.481 e. The van der Waals surface area contributed by atoms with Crippen molar-refractivity contribution >= 4 is 5.97 Å². The zero-order chi connectivity index (χ0) is 17.2. The van der Waals surface area contributed by atoms with Gasteiger partial charge in [-0.25, -0.2) is 0 Å². The molecule has 0 saturated carbocycles. The van der Waals surface area contributed by atoms with Gasteiger partial charge in [0.25, 0.3) is 0 Å². The van der Waals surface area contributed by atoms with Crippen LogP contribution < -0.4 is 0 Å². The number of benzene rings is 2. The maximum atomic E-state index is 13.3. The Hall–Kier alpha value is -2.81. The quantitative estimate of drug-likeness (QED) is 0.923. The molecular formula is C17H11F3NO2. The standard InChI is InChI=1S/C17H11F3NO2/c1-10-6-14(12-4-2-11(9-21)3-5-12)15(17(18,19)20)7-13(10)8-16(22)23/h2-8H,1H3,(H,22,23). The molecule has 1 N–H and O–H groups in total. The Labute approximate surface area is 130 Å². The number of carbonyl (C=O) groups is 1. The number of hydrogen-bond acceptors (Lipinski definition) is 2. The number of nitriles is 1. The Kier molecular flexibility index (Phi) is 4.41. The van der Waals surface area contributed by atoms with Crippen LogP contribution in [0, 0.1) is 24.7 Å². The van der Waals surface area contributed by atoms with E-state index in [2.05, 4.69) is 0 Å². The third kappa shape index (κ3) is 3.69. The number of alkyl halides is 3. The predicted molar refractivity (Wildman–Crippen MR) is 77.4 cm³/mol. The van der Waals surface area contributed by atoms with Gasteiger partial charge in [-0.15, -0.1) is 0 Å². The topological polar surface area (TPSA) is 61.1 Å². The van der Waals surface area contributed by atoms with Gasteiger partial charge in [0, 0.05) is 0 Å². The molecule has 23 heavy (non-hydrogen) atoms. The average molecular weight is 318 g/mol. The second kappa shape index (κ2) is 6.13. The first kappa shape index (κ1) is 16.6. The number of rotatable bonds is 3. The summed E-state index contributed by atoms with van der Waals surface area (Å²) in [5.41, 5.74) is 0.0977. The lowest BCUT2D eigenvalue weighted by Gasteiger charge is -2.16. The third-order valence-corrected chi connectivity index (χ3v) is 3.32. The highest BCUT2D eigenvalue weighted by Crippen LogP contribution is 2.39. The van der Waals surface area contributed by atoms with Crippen LogP contribution in [0.25, 0.3) is 11.1 Å². The molecule has 0 aliphatic heterocycles. The summed E-state index contributed by atoms with van der Waals surface area (Å²) in [7, 11) is 0. The second-order valence-corrected chi connectivity index (χ2v) is 4.92. The molecule has 0 atom stereocenters. The molecule has 117 valence electrons. The Morgan fingerprint density at radius 1 is 1.22 bits per heavy atom. The lowest BCUT2D eigenvalue weighted by molar-refractivity contribution is -0.137. The molecular weight excluding hydrogens is 307 g/mol. The summed E-state index contributed by atoms with van der Waals surface area (Å²) in [6.07, 6.45) is -3.88. The highest BCUT2D eigenvalue weighted by molar-refractivity contribution is 5.83. The summed E-state index contributed by atoms with van der Waals surface area (Å²) in [5, 5.41) is 17.5. The summed E-state index contributed by atoms with van der Waals surface area (Å²) in [5.74, 6) is -1.31. The Balaban J connectivity index is 2.64. The monoisotopic (exact) mass is 318 g/mol. The van der Waals surface area contributed by atoms with E-state index in [1.54, 1.807) is 6.92 Å². The number of carboxylic acids is 1. The highest BCUT2D eigenvalue weighted by Gasteiger charge is 2.34. The zero-order valence-corrected chi connectivity index (χ0v) is 12.0. The van der Waals surface area contributed by atoms with E-state index < -0.39 is 17.7 Å². The summed E-state index contributed by atoms with van der Waals surface area (Å²) in [6, 6.07) is 9.77. The van der Waals surface area contributed by atoms with Crippen molar-refractivity contribution in [3.05, 3.63) is 65.1 Å². The third-order valence-electron chi connectivity index (χ3n) is 3.32. The van der Waals surface area contributed by atoms with Crippen LogP contribution in [-0.4, -0.2) is 11.1 Å². The molecule has 6 heteroatoms. The van der Waals surface area contributed by atoms with Crippen molar-refractivity contribution in [1.82, 2.24) is 0 Å². The molecule has 3 nitrogen and oxygen atoms in total. The molecule has 1 radical (unpaired) electrons. The molecule has 0 aliphatic carbocycles. The molecule has 0 aromatic heterocycles. The van der Waals surface area contributed by atoms with Gasteiger partial charge in [-0.05, 0) is 47.4 Å². The minimum Gasteiger partial charge on any atom is -0.481 e. The van der Waals surface area contributed by atoms with Crippen molar-refractivity contribution in [1.29, 1.82) is 5.26 Å². The first-order valence-electron chi connectivity index (χ1n) is 6.52. The van der Waals surface area contributed by atoms with Gasteiger partial charge in [0.2, 0.25) is 0 Å². The fraction of sp³-hybridized carbons (Fsp3) is 0.118. The zero-order valence-electron chi connectivity index (χ0n) is 12.0. The van der Waals surface area contributed by atoms with Gasteiger partial charge in [-0.1, -0.05) is 18.2 Å². The van der Waals surface area contributed by atoms with Crippen molar-refractivity contribution in [2.45, 2.75) is 13.1 Å². The van der Waals surface area contributed by atoms with Crippen LogP contribution in [0.15, 0.2) is 36.4 Å². The molecule has 0 unspecified atom stereocenters. The van der Waals surface area contributed by atoms with Gasteiger partial charge in [-0.3, -0.25) is 4.79 Å². The van der Waals surface area contributed by atoms with E-state index in [9.17, 15) is 18.0 Å². The molecule has 0 aliphatic rings. The molecule has 0 bridgehead atoms. The molecule has 2 rings (SSSR count). The second-order valence-electron chi connectivity index (χ2n) is 4.92. The fourth-order valence-corrected chi connectivity index (χ4v) is 2.21. The smallest absolute Gasteiger partial charge is 0.417 e. The summed E-state index contributed by atoms with van der Waals surface area (Å²) in [6.45, 7) is 1.54. The lowest BCUT2D eigenvalue weighted by Crippen LogP contribution is -2.10. The number of carboxylic acid groups (broad SMARTS) is 1. The maximum absolute atomic E-state index is 13.3. The van der Waals surface area contributed by atoms with Gasteiger partial charge >= 0.3 is 12.1 Å². The fourth-order valence-electron chi connectivity index (χ4n) is 2.21. The summed E-state index contributed by atoms with van der Waals surface area (Å²) < 4.78 is 39.9. The minimum atomic E-state index is -4.63. The van der Waals surface area contributed by atoms with Crippen LogP contribution >= 0.6 is 0 Å². The van der Waals surface area contributed by atoms with Gasteiger partial charge in [0.1, 0.15) is 0 Å². The molecule has 2 aromatic carbocycles. The van der Waals surface area contributed by atoms with Gasteiger partial charge < -0.3 is 5.11 Å². The van der Waals surface area contributed by atoms with E-state index in [-0.39, 0.29) is 11.1 Å². The van der Waals surface area contributed by atoms with Crippen molar-refractivity contribution in [2.24, 2.45) is 0 Å². The van der Waals surface area contributed by atoms with Gasteiger partial charge in [0.15, 0.2) is 0 Å². The first-order valence-corrected chi connectivity index (χ1v) is 6.52. The van der Waals surface area contributed by atoms with Crippen LogP contribution in [0.1, 0.15) is 22.3 Å². The van der Waals surface area contributed by atoms with Crippen LogP contribution in [0.5, 0.6) is 0 Å². The number of nitrogens with zero attached hydrogens (tertiary/aromatic N) is 1. The van der Waals surface area contributed by atoms with E-state index in [0.29, 0.717) is 16.7 Å². The minimum absolute atomic E-state index is 0.00206. The van der Waals surface area contributed by atoms with E-state index in [0.717, 1.165) is 12.5 Å². The molecule has 0 fully saturated rings. The van der Waals surface area contributed by atoms with E-state index in [4.69, 9.17) is 10.4 Å². The Morgan fingerprint density at radius 3 is 2.30 bits per heavy atom. The Bertz CT molecular complexity index is 787. The molecule has 0 spiro atoms. The number of hydrogen-bond donors (Lipinski definition) is 1. The van der Waals surface area contributed by atoms with Crippen LogP contribution in [-0.2, 0) is 11.0 Å². The molecule has 0 amide bonds. The van der Waals surface area contributed by atoms with E-state index >= 15 is 0 Å². The summed E-state index contributed by atoms with van der Waals surface area (Å²) >= 11 is 0. The predicted octanol–water partition coefficient (Wildman–Crippen LogP) is 4.19. The van der Waals surface area contributed by atoms with Gasteiger partial charge in [-0.2, -0.15) is 18.4 Å².